The predicted molar refractivity (Wildman–Crippen MR) is 96.2 cm³/mol. The molecule has 26 heavy (non-hydrogen) atoms. The smallest absolute Gasteiger partial charge is 0.258 e. The van der Waals surface area contributed by atoms with Gasteiger partial charge in [-0.1, -0.05) is 18.2 Å². The molecule has 0 aliphatic rings. The third kappa shape index (κ3) is 3.77. The quantitative estimate of drug-likeness (QED) is 0.701. The molecule has 0 spiro atoms. The van der Waals surface area contributed by atoms with E-state index in [1.54, 1.807) is 0 Å². The van der Waals surface area contributed by atoms with Gasteiger partial charge in [-0.3, -0.25) is 4.79 Å². The van der Waals surface area contributed by atoms with E-state index in [1.807, 2.05) is 45.0 Å². The van der Waals surface area contributed by atoms with Crippen LogP contribution in [0.4, 0.5) is 0 Å². The number of hydrogen-bond acceptors (Lipinski definition) is 6. The molecule has 0 unspecified atom stereocenters. The van der Waals surface area contributed by atoms with Crippen LogP contribution in [0.15, 0.2) is 35.0 Å². The van der Waals surface area contributed by atoms with Gasteiger partial charge in [0.1, 0.15) is 23.2 Å². The summed E-state index contributed by atoms with van der Waals surface area (Å²) >= 11 is 0. The Bertz CT molecular complexity index is 920. The van der Waals surface area contributed by atoms with E-state index in [2.05, 4.69) is 15.3 Å². The van der Waals surface area contributed by atoms with Crippen LogP contribution in [-0.2, 0) is 11.3 Å². The van der Waals surface area contributed by atoms with Crippen molar-refractivity contribution >= 4 is 17.0 Å². The summed E-state index contributed by atoms with van der Waals surface area (Å²) in [5.41, 5.74) is 2.27. The second-order valence-corrected chi connectivity index (χ2v) is 5.75. The summed E-state index contributed by atoms with van der Waals surface area (Å²) < 4.78 is 16.7. The van der Waals surface area contributed by atoms with Crippen molar-refractivity contribution in [3.05, 3.63) is 47.5 Å². The Morgan fingerprint density at radius 1 is 1.19 bits per heavy atom. The van der Waals surface area contributed by atoms with Crippen molar-refractivity contribution in [2.75, 3.05) is 13.2 Å². The largest absolute Gasteiger partial charge is 0.494 e. The van der Waals surface area contributed by atoms with Gasteiger partial charge in [-0.05, 0) is 26.8 Å². The molecule has 7 heteroatoms. The number of aryl methyl sites for hydroxylation is 2. The molecule has 1 N–H and O–H groups in total. The molecule has 0 fully saturated rings. The number of fused-ring (bicyclic) bond motifs is 1. The topological polar surface area (TPSA) is 86.5 Å². The number of para-hydroxylation sites is 1. The molecule has 0 bridgehead atoms. The number of carbonyl (C=O) groups excluding carboxylic acids is 1. The van der Waals surface area contributed by atoms with Crippen molar-refractivity contribution in [2.24, 2.45) is 0 Å². The molecule has 136 valence electrons. The highest BCUT2D eigenvalue weighted by molar-refractivity contribution is 5.84. The molecule has 2 heterocycles. The van der Waals surface area contributed by atoms with Crippen molar-refractivity contribution in [2.45, 2.75) is 27.3 Å². The first-order valence-corrected chi connectivity index (χ1v) is 8.41. The normalized spacial score (nSPS) is 10.7. The van der Waals surface area contributed by atoms with Crippen molar-refractivity contribution < 1.29 is 18.7 Å². The zero-order valence-corrected chi connectivity index (χ0v) is 15.0. The van der Waals surface area contributed by atoms with Crippen molar-refractivity contribution in [3.63, 3.8) is 0 Å². The second kappa shape index (κ2) is 7.86. The maximum Gasteiger partial charge on any atom is 0.258 e. The molecule has 0 saturated heterocycles. The van der Waals surface area contributed by atoms with E-state index in [0.29, 0.717) is 30.1 Å². The Hall–Kier alpha value is -3.09. The van der Waals surface area contributed by atoms with Gasteiger partial charge < -0.3 is 19.2 Å². The molecule has 7 nitrogen and oxygen atoms in total. The Morgan fingerprint density at radius 3 is 2.81 bits per heavy atom. The van der Waals surface area contributed by atoms with E-state index in [4.69, 9.17) is 13.9 Å². The first kappa shape index (κ1) is 17.7. The maximum atomic E-state index is 12.1. The summed E-state index contributed by atoms with van der Waals surface area (Å²) in [5, 5.41) is 3.52. The van der Waals surface area contributed by atoms with Crippen LogP contribution in [0.1, 0.15) is 23.8 Å². The SMILES string of the molecule is CCOc1ccccc1CNC(=O)COc1ncnc2oc(C)c(C)c12. The van der Waals surface area contributed by atoms with Crippen LogP contribution in [0, 0.1) is 13.8 Å². The average Bonchev–Trinajstić information content (AvgIpc) is 2.94. The van der Waals surface area contributed by atoms with Gasteiger partial charge in [0, 0.05) is 17.7 Å². The average molecular weight is 355 g/mol. The number of hydrogen-bond donors (Lipinski definition) is 1. The first-order chi connectivity index (χ1) is 12.6. The van der Waals surface area contributed by atoms with E-state index < -0.39 is 0 Å². The molecule has 3 rings (SSSR count). The summed E-state index contributed by atoms with van der Waals surface area (Å²) in [5.74, 6) is 1.61. The van der Waals surface area contributed by atoms with Gasteiger partial charge in [0.05, 0.1) is 6.61 Å². The van der Waals surface area contributed by atoms with Crippen LogP contribution in [0.25, 0.3) is 11.1 Å². The van der Waals surface area contributed by atoms with E-state index in [9.17, 15) is 4.79 Å². The maximum absolute atomic E-state index is 12.1. The molecular weight excluding hydrogens is 334 g/mol. The number of furan rings is 1. The number of aromatic nitrogens is 2. The summed E-state index contributed by atoms with van der Waals surface area (Å²) in [7, 11) is 0. The summed E-state index contributed by atoms with van der Waals surface area (Å²) in [6.45, 7) is 6.46. The number of nitrogens with one attached hydrogen (secondary N) is 1. The number of amides is 1. The lowest BCUT2D eigenvalue weighted by molar-refractivity contribution is -0.123. The van der Waals surface area contributed by atoms with Crippen LogP contribution < -0.4 is 14.8 Å². The van der Waals surface area contributed by atoms with E-state index in [0.717, 1.165) is 22.6 Å². The van der Waals surface area contributed by atoms with Crippen LogP contribution in [-0.4, -0.2) is 29.1 Å². The molecule has 3 aromatic rings. The van der Waals surface area contributed by atoms with Crippen LogP contribution >= 0.6 is 0 Å². The minimum atomic E-state index is -0.249. The lowest BCUT2D eigenvalue weighted by Gasteiger charge is -2.11. The van der Waals surface area contributed by atoms with E-state index >= 15 is 0 Å². The molecule has 0 radical (unpaired) electrons. The molecule has 2 aromatic heterocycles. The van der Waals surface area contributed by atoms with Gasteiger partial charge >= 0.3 is 0 Å². The van der Waals surface area contributed by atoms with Crippen LogP contribution in [0.2, 0.25) is 0 Å². The minimum absolute atomic E-state index is 0.146. The molecule has 0 aliphatic carbocycles. The molecule has 0 atom stereocenters. The Balaban J connectivity index is 1.62. The third-order valence-corrected chi connectivity index (χ3v) is 4.02. The highest BCUT2D eigenvalue weighted by Crippen LogP contribution is 2.29. The van der Waals surface area contributed by atoms with Gasteiger partial charge in [-0.2, -0.15) is 0 Å². The van der Waals surface area contributed by atoms with Gasteiger partial charge in [-0.15, -0.1) is 0 Å². The molecule has 0 saturated carbocycles. The summed E-state index contributed by atoms with van der Waals surface area (Å²) in [4.78, 5) is 20.3. The predicted octanol–water partition coefficient (Wildman–Crippen LogP) is 2.93. The Morgan fingerprint density at radius 2 is 2.00 bits per heavy atom. The van der Waals surface area contributed by atoms with E-state index in [-0.39, 0.29) is 12.5 Å². The lowest BCUT2D eigenvalue weighted by Crippen LogP contribution is -2.28. The fourth-order valence-corrected chi connectivity index (χ4v) is 2.58. The van der Waals surface area contributed by atoms with E-state index in [1.165, 1.54) is 6.33 Å². The fourth-order valence-electron chi connectivity index (χ4n) is 2.58. The first-order valence-electron chi connectivity index (χ1n) is 8.41. The number of nitrogens with zero attached hydrogens (tertiary/aromatic N) is 2. The Labute approximate surface area is 151 Å². The molecular formula is C19H21N3O4. The summed E-state index contributed by atoms with van der Waals surface area (Å²) in [6, 6.07) is 7.60. The van der Waals surface area contributed by atoms with Gasteiger partial charge in [-0.25, -0.2) is 9.97 Å². The number of carbonyl (C=O) groups is 1. The third-order valence-electron chi connectivity index (χ3n) is 4.02. The highest BCUT2D eigenvalue weighted by Gasteiger charge is 2.15. The van der Waals surface area contributed by atoms with Crippen molar-refractivity contribution in [1.82, 2.24) is 15.3 Å². The Kier molecular flexibility index (Phi) is 5.36. The number of benzene rings is 1. The molecule has 1 amide bonds. The second-order valence-electron chi connectivity index (χ2n) is 5.75. The van der Waals surface area contributed by atoms with Gasteiger partial charge in [0.2, 0.25) is 11.6 Å². The van der Waals surface area contributed by atoms with Crippen molar-refractivity contribution in [3.8, 4) is 11.6 Å². The standard InChI is InChI=1S/C19H21N3O4/c1-4-24-15-8-6-5-7-14(15)9-20-16(23)10-25-18-17-12(2)13(3)26-19(17)22-11-21-18/h5-8,11H,4,9-10H2,1-3H3,(H,20,23). The molecule has 1 aromatic carbocycles. The number of rotatable bonds is 7. The minimum Gasteiger partial charge on any atom is -0.494 e. The van der Waals surface area contributed by atoms with Crippen LogP contribution in [0.5, 0.6) is 11.6 Å². The zero-order valence-electron chi connectivity index (χ0n) is 15.0. The lowest BCUT2D eigenvalue weighted by atomic mass is 10.2. The monoisotopic (exact) mass is 355 g/mol. The van der Waals surface area contributed by atoms with Gasteiger partial charge in [0.25, 0.3) is 5.91 Å². The fraction of sp³-hybridized carbons (Fsp3) is 0.316. The van der Waals surface area contributed by atoms with Gasteiger partial charge in [0.15, 0.2) is 6.61 Å². The molecule has 0 aliphatic heterocycles. The van der Waals surface area contributed by atoms with Crippen LogP contribution in [0.3, 0.4) is 0 Å². The zero-order chi connectivity index (χ0) is 18.5. The van der Waals surface area contributed by atoms with Crippen molar-refractivity contribution in [1.29, 1.82) is 0 Å². The summed E-state index contributed by atoms with van der Waals surface area (Å²) in [6.07, 6.45) is 1.36. The highest BCUT2D eigenvalue weighted by atomic mass is 16.5. The number of ether oxygens (including phenoxy) is 2.